The smallest absolute Gasteiger partial charge is 0.323 e. The minimum atomic E-state index is -0.472. The lowest BCUT2D eigenvalue weighted by atomic mass is 10.0. The van der Waals surface area contributed by atoms with Gasteiger partial charge in [-0.2, -0.15) is 0 Å². The molecular weight excluding hydrogens is 264 g/mol. The van der Waals surface area contributed by atoms with Gasteiger partial charge in [0.25, 0.3) is 0 Å². The lowest BCUT2D eigenvalue weighted by Crippen LogP contribution is -2.37. The second-order valence-corrected chi connectivity index (χ2v) is 6.90. The summed E-state index contributed by atoms with van der Waals surface area (Å²) in [4.78, 5) is 11.7. The number of rotatable bonds is 12. The van der Waals surface area contributed by atoms with Gasteiger partial charge in [-0.25, -0.2) is 0 Å². The van der Waals surface area contributed by atoms with Crippen LogP contribution in [0.15, 0.2) is 0 Å². The molecule has 0 amide bonds. The first-order valence-corrected chi connectivity index (χ1v) is 8.55. The molecule has 0 aromatic rings. The standard InChI is InChI=1S/C17H36N2O2/c1-17(2,3)21-16(20)15(19)13-11-9-7-5-4-6-8-10-12-14-18/h15H,4-14,18-19H2,1-3H3/t15-/m1/s1. The fourth-order valence-electron chi connectivity index (χ4n) is 2.24. The molecule has 0 heterocycles. The zero-order chi connectivity index (χ0) is 16.1. The van der Waals surface area contributed by atoms with E-state index in [1.165, 1.54) is 38.5 Å². The van der Waals surface area contributed by atoms with Crippen molar-refractivity contribution >= 4 is 5.97 Å². The molecule has 21 heavy (non-hydrogen) atoms. The molecule has 0 saturated carbocycles. The maximum atomic E-state index is 11.7. The van der Waals surface area contributed by atoms with E-state index in [1.54, 1.807) is 0 Å². The van der Waals surface area contributed by atoms with Crippen molar-refractivity contribution in [3.63, 3.8) is 0 Å². The molecule has 0 rings (SSSR count). The SMILES string of the molecule is CC(C)(C)OC(=O)[C@H](N)CCCCCCCCCCCN. The topological polar surface area (TPSA) is 78.3 Å². The van der Waals surface area contributed by atoms with Gasteiger partial charge in [-0.05, 0) is 40.2 Å². The summed E-state index contributed by atoms with van der Waals surface area (Å²) in [6.07, 6.45) is 11.8. The molecule has 126 valence electrons. The Morgan fingerprint density at radius 3 is 1.76 bits per heavy atom. The predicted octanol–water partition coefficient (Wildman–Crippen LogP) is 3.52. The number of nitrogens with two attached hydrogens (primary N) is 2. The Balaban J connectivity index is 3.40. The number of hydrogen-bond acceptors (Lipinski definition) is 4. The van der Waals surface area contributed by atoms with Gasteiger partial charge in [-0.15, -0.1) is 0 Å². The highest BCUT2D eigenvalue weighted by atomic mass is 16.6. The lowest BCUT2D eigenvalue weighted by Gasteiger charge is -2.22. The van der Waals surface area contributed by atoms with Crippen LogP contribution in [0.25, 0.3) is 0 Å². The zero-order valence-corrected chi connectivity index (χ0v) is 14.3. The zero-order valence-electron chi connectivity index (χ0n) is 14.3. The fraction of sp³-hybridized carbons (Fsp3) is 0.941. The van der Waals surface area contributed by atoms with Gasteiger partial charge in [0.1, 0.15) is 11.6 Å². The Bertz CT molecular complexity index is 262. The Kier molecular flexibility index (Phi) is 11.6. The minimum absolute atomic E-state index is 0.276. The third-order valence-corrected chi connectivity index (χ3v) is 3.43. The molecular formula is C17H36N2O2. The molecule has 0 bridgehead atoms. The second-order valence-electron chi connectivity index (χ2n) is 6.90. The van der Waals surface area contributed by atoms with E-state index < -0.39 is 11.6 Å². The van der Waals surface area contributed by atoms with Crippen LogP contribution in [-0.2, 0) is 9.53 Å². The van der Waals surface area contributed by atoms with E-state index in [0.717, 1.165) is 32.2 Å². The molecule has 0 aliphatic carbocycles. The van der Waals surface area contributed by atoms with Crippen LogP contribution < -0.4 is 11.5 Å². The van der Waals surface area contributed by atoms with Gasteiger partial charge in [-0.1, -0.05) is 51.4 Å². The van der Waals surface area contributed by atoms with Gasteiger partial charge in [0.2, 0.25) is 0 Å². The van der Waals surface area contributed by atoms with E-state index in [2.05, 4.69) is 0 Å². The van der Waals surface area contributed by atoms with Crippen molar-refractivity contribution < 1.29 is 9.53 Å². The number of ether oxygens (including phenoxy) is 1. The summed E-state index contributed by atoms with van der Waals surface area (Å²) >= 11 is 0. The van der Waals surface area contributed by atoms with E-state index in [1.807, 2.05) is 20.8 Å². The quantitative estimate of drug-likeness (QED) is 0.427. The van der Waals surface area contributed by atoms with E-state index in [-0.39, 0.29) is 5.97 Å². The molecule has 0 aromatic heterocycles. The third kappa shape index (κ3) is 14.1. The van der Waals surface area contributed by atoms with Gasteiger partial charge >= 0.3 is 5.97 Å². The summed E-state index contributed by atoms with van der Waals surface area (Å²) in [5.74, 6) is -0.276. The third-order valence-electron chi connectivity index (χ3n) is 3.43. The van der Waals surface area contributed by atoms with Crippen molar-refractivity contribution in [3.8, 4) is 0 Å². The summed E-state index contributed by atoms with van der Waals surface area (Å²) in [6, 6.07) is -0.472. The van der Waals surface area contributed by atoms with Crippen LogP contribution in [0.1, 0.15) is 85.0 Å². The molecule has 4 heteroatoms. The minimum Gasteiger partial charge on any atom is -0.459 e. The number of unbranched alkanes of at least 4 members (excludes halogenated alkanes) is 8. The van der Waals surface area contributed by atoms with Crippen molar-refractivity contribution in [1.82, 2.24) is 0 Å². The molecule has 0 saturated heterocycles. The second kappa shape index (κ2) is 12.0. The van der Waals surface area contributed by atoms with Crippen molar-refractivity contribution in [2.75, 3.05) is 6.54 Å². The van der Waals surface area contributed by atoms with Gasteiger partial charge in [-0.3, -0.25) is 4.79 Å². The van der Waals surface area contributed by atoms with Crippen LogP contribution in [-0.4, -0.2) is 24.2 Å². The number of carbonyl (C=O) groups is 1. The van der Waals surface area contributed by atoms with Crippen LogP contribution in [0.5, 0.6) is 0 Å². The Labute approximate surface area is 131 Å². The molecule has 0 aliphatic heterocycles. The maximum absolute atomic E-state index is 11.7. The largest absolute Gasteiger partial charge is 0.459 e. The summed E-state index contributed by atoms with van der Waals surface area (Å²) in [6.45, 7) is 6.42. The van der Waals surface area contributed by atoms with Gasteiger partial charge in [0, 0.05) is 0 Å². The van der Waals surface area contributed by atoms with E-state index >= 15 is 0 Å². The first-order chi connectivity index (χ1) is 9.87. The highest BCUT2D eigenvalue weighted by molar-refractivity contribution is 5.75. The Morgan fingerprint density at radius 1 is 0.905 bits per heavy atom. The summed E-state index contributed by atoms with van der Waals surface area (Å²) in [7, 11) is 0. The van der Waals surface area contributed by atoms with Crippen LogP contribution >= 0.6 is 0 Å². The molecule has 1 atom stereocenters. The summed E-state index contributed by atoms with van der Waals surface area (Å²) in [5.41, 5.74) is 10.9. The first kappa shape index (κ1) is 20.4. The molecule has 4 N–H and O–H groups in total. The van der Waals surface area contributed by atoms with Crippen molar-refractivity contribution in [2.24, 2.45) is 11.5 Å². The van der Waals surface area contributed by atoms with Crippen molar-refractivity contribution in [3.05, 3.63) is 0 Å². The molecule has 4 nitrogen and oxygen atoms in total. The van der Waals surface area contributed by atoms with E-state index in [4.69, 9.17) is 16.2 Å². The molecule has 0 fully saturated rings. The van der Waals surface area contributed by atoms with Crippen LogP contribution in [0, 0.1) is 0 Å². The maximum Gasteiger partial charge on any atom is 0.323 e. The highest BCUT2D eigenvalue weighted by Crippen LogP contribution is 2.13. The highest BCUT2D eigenvalue weighted by Gasteiger charge is 2.21. The van der Waals surface area contributed by atoms with Crippen LogP contribution in [0.3, 0.4) is 0 Å². The summed E-state index contributed by atoms with van der Waals surface area (Å²) < 4.78 is 5.27. The molecule has 0 unspecified atom stereocenters. The number of esters is 1. The fourth-order valence-corrected chi connectivity index (χ4v) is 2.24. The van der Waals surface area contributed by atoms with E-state index in [0.29, 0.717) is 0 Å². The van der Waals surface area contributed by atoms with E-state index in [9.17, 15) is 4.79 Å². The predicted molar refractivity (Wildman–Crippen MR) is 89.0 cm³/mol. The van der Waals surface area contributed by atoms with Gasteiger partial charge < -0.3 is 16.2 Å². The number of carbonyl (C=O) groups excluding carboxylic acids is 1. The normalized spacial score (nSPS) is 13.2. The lowest BCUT2D eigenvalue weighted by molar-refractivity contribution is -0.156. The van der Waals surface area contributed by atoms with Crippen molar-refractivity contribution in [1.29, 1.82) is 0 Å². The Hall–Kier alpha value is -0.610. The molecule has 0 radical (unpaired) electrons. The number of hydrogen-bond donors (Lipinski definition) is 2. The monoisotopic (exact) mass is 300 g/mol. The van der Waals surface area contributed by atoms with Gasteiger partial charge in [0.15, 0.2) is 0 Å². The molecule has 0 spiro atoms. The Morgan fingerprint density at radius 2 is 1.33 bits per heavy atom. The van der Waals surface area contributed by atoms with Crippen molar-refractivity contribution in [2.45, 2.75) is 96.6 Å². The molecule has 0 aliphatic rings. The average Bonchev–Trinajstić information content (AvgIpc) is 2.38. The molecule has 0 aromatic carbocycles. The summed E-state index contributed by atoms with van der Waals surface area (Å²) in [5, 5.41) is 0. The first-order valence-electron chi connectivity index (χ1n) is 8.55. The average molecular weight is 300 g/mol. The van der Waals surface area contributed by atoms with Crippen LogP contribution in [0.2, 0.25) is 0 Å². The van der Waals surface area contributed by atoms with Crippen LogP contribution in [0.4, 0.5) is 0 Å². The van der Waals surface area contributed by atoms with Gasteiger partial charge in [0.05, 0.1) is 0 Å².